The fourth-order valence-corrected chi connectivity index (χ4v) is 3.47. The second kappa shape index (κ2) is 6.65. The maximum atomic E-state index is 13.5. The van der Waals surface area contributed by atoms with Crippen LogP contribution >= 0.6 is 0 Å². The fourth-order valence-electron chi connectivity index (χ4n) is 3.47. The topological polar surface area (TPSA) is 49.3 Å². The van der Waals surface area contributed by atoms with Crippen molar-refractivity contribution in [1.29, 1.82) is 0 Å². The molecule has 1 aliphatic rings. The molecule has 0 bridgehead atoms. The normalized spacial score (nSPS) is 21.0. The van der Waals surface area contributed by atoms with E-state index < -0.39 is 5.54 Å². The molecule has 0 N–H and O–H groups in total. The van der Waals surface area contributed by atoms with Gasteiger partial charge < -0.3 is 4.90 Å². The van der Waals surface area contributed by atoms with E-state index in [1.54, 1.807) is 43.7 Å². The molecule has 1 atom stereocenters. The third-order valence-electron chi connectivity index (χ3n) is 4.52. The van der Waals surface area contributed by atoms with Gasteiger partial charge in [-0.25, -0.2) is 4.39 Å². The van der Waals surface area contributed by atoms with Crippen molar-refractivity contribution in [2.45, 2.75) is 24.9 Å². The van der Waals surface area contributed by atoms with E-state index in [2.05, 4.69) is 14.9 Å². The highest BCUT2D eigenvalue weighted by atomic mass is 19.1. The first-order valence-electron chi connectivity index (χ1n) is 8.02. The zero-order valence-electron chi connectivity index (χ0n) is 13.9. The Morgan fingerprint density at radius 1 is 1.38 bits per heavy atom. The summed E-state index contributed by atoms with van der Waals surface area (Å²) in [5, 5.41) is 0. The van der Waals surface area contributed by atoms with Crippen LogP contribution < -0.4 is 0 Å². The van der Waals surface area contributed by atoms with Gasteiger partial charge in [-0.05, 0) is 37.1 Å². The first kappa shape index (κ1) is 16.5. The summed E-state index contributed by atoms with van der Waals surface area (Å²) < 4.78 is 13.5. The van der Waals surface area contributed by atoms with E-state index in [0.29, 0.717) is 18.7 Å². The minimum absolute atomic E-state index is 0.0168. The molecule has 0 aliphatic carbocycles. The number of nitrogens with zero attached hydrogens (tertiary/aromatic N) is 4. The predicted octanol–water partition coefficient (Wildman–Crippen LogP) is 2.20. The molecule has 24 heavy (non-hydrogen) atoms. The van der Waals surface area contributed by atoms with Crippen LogP contribution in [0.1, 0.15) is 24.1 Å². The number of halogens is 1. The van der Waals surface area contributed by atoms with Crippen molar-refractivity contribution in [2.75, 3.05) is 20.6 Å². The highest BCUT2D eigenvalue weighted by molar-refractivity contribution is 5.87. The summed E-state index contributed by atoms with van der Waals surface area (Å²) in [6.45, 7) is 1.25. The average molecular weight is 328 g/mol. The number of hydrogen-bond acceptors (Lipinski definition) is 4. The predicted molar refractivity (Wildman–Crippen MR) is 88.4 cm³/mol. The smallest absolute Gasteiger partial charge is 0.248 e. The summed E-state index contributed by atoms with van der Waals surface area (Å²) in [5.74, 6) is -0.285. The van der Waals surface area contributed by atoms with Crippen LogP contribution in [0.3, 0.4) is 0 Å². The molecule has 6 heteroatoms. The minimum Gasteiger partial charge on any atom is -0.347 e. The summed E-state index contributed by atoms with van der Waals surface area (Å²) in [4.78, 5) is 25.3. The van der Waals surface area contributed by atoms with Crippen LogP contribution in [0.2, 0.25) is 0 Å². The highest BCUT2D eigenvalue weighted by Crippen LogP contribution is 2.40. The first-order valence-corrected chi connectivity index (χ1v) is 8.02. The lowest BCUT2D eigenvalue weighted by Gasteiger charge is -2.38. The Kier molecular flexibility index (Phi) is 4.57. The van der Waals surface area contributed by atoms with Crippen LogP contribution in [0.25, 0.3) is 0 Å². The number of rotatable bonds is 4. The van der Waals surface area contributed by atoms with Crippen LogP contribution in [-0.2, 0) is 16.9 Å². The zero-order chi connectivity index (χ0) is 17.2. The number of amides is 1. The van der Waals surface area contributed by atoms with Crippen molar-refractivity contribution in [3.8, 4) is 0 Å². The molecule has 2 heterocycles. The fraction of sp³-hybridized carbons (Fsp3) is 0.389. The van der Waals surface area contributed by atoms with Gasteiger partial charge in [0.1, 0.15) is 11.4 Å². The number of likely N-dealkylation sites (N-methyl/N-ethyl adjacent to an activating group) is 1. The quantitative estimate of drug-likeness (QED) is 0.863. The van der Waals surface area contributed by atoms with Crippen LogP contribution in [0, 0.1) is 5.82 Å². The summed E-state index contributed by atoms with van der Waals surface area (Å²) in [6, 6.07) is 6.51. The summed E-state index contributed by atoms with van der Waals surface area (Å²) in [6.07, 6.45) is 6.43. The summed E-state index contributed by atoms with van der Waals surface area (Å²) in [7, 11) is 3.50. The SMILES string of the molecule is CN(C)C(=O)[C@@]1(c2cnccn2)CCCN1Cc1cccc(F)c1. The number of carbonyl (C=O) groups excluding carboxylic acids is 1. The van der Waals surface area contributed by atoms with Crippen LogP contribution in [-0.4, -0.2) is 46.3 Å². The molecule has 1 saturated heterocycles. The van der Waals surface area contributed by atoms with Crippen molar-refractivity contribution in [3.63, 3.8) is 0 Å². The lowest BCUT2D eigenvalue weighted by molar-refractivity contribution is -0.141. The van der Waals surface area contributed by atoms with Crippen molar-refractivity contribution < 1.29 is 9.18 Å². The Bertz CT molecular complexity index is 722. The van der Waals surface area contributed by atoms with Crippen LogP contribution in [0.15, 0.2) is 42.9 Å². The molecule has 0 radical (unpaired) electrons. The van der Waals surface area contributed by atoms with Gasteiger partial charge in [0, 0.05) is 33.0 Å². The second-order valence-electron chi connectivity index (χ2n) is 6.31. The van der Waals surface area contributed by atoms with Gasteiger partial charge in [-0.15, -0.1) is 0 Å². The molecule has 1 aromatic heterocycles. The Morgan fingerprint density at radius 2 is 2.21 bits per heavy atom. The molecule has 5 nitrogen and oxygen atoms in total. The van der Waals surface area contributed by atoms with Gasteiger partial charge in [-0.3, -0.25) is 19.7 Å². The first-order chi connectivity index (χ1) is 11.5. The highest BCUT2D eigenvalue weighted by Gasteiger charge is 2.50. The zero-order valence-corrected chi connectivity index (χ0v) is 13.9. The lowest BCUT2D eigenvalue weighted by atomic mass is 9.90. The van der Waals surface area contributed by atoms with Gasteiger partial charge in [-0.1, -0.05) is 12.1 Å². The third kappa shape index (κ3) is 2.89. The largest absolute Gasteiger partial charge is 0.347 e. The molecule has 2 aromatic rings. The van der Waals surface area contributed by atoms with Crippen LogP contribution in [0.5, 0.6) is 0 Å². The molecule has 0 unspecified atom stereocenters. The molecule has 1 aliphatic heterocycles. The van der Waals surface area contributed by atoms with Gasteiger partial charge >= 0.3 is 0 Å². The van der Waals surface area contributed by atoms with E-state index in [4.69, 9.17) is 0 Å². The van der Waals surface area contributed by atoms with Crippen LogP contribution in [0.4, 0.5) is 4.39 Å². The van der Waals surface area contributed by atoms with Gasteiger partial charge in [0.25, 0.3) is 0 Å². The van der Waals surface area contributed by atoms with Crippen molar-refractivity contribution in [3.05, 3.63) is 59.9 Å². The Hall–Kier alpha value is -2.34. The van der Waals surface area contributed by atoms with E-state index in [-0.39, 0.29) is 11.7 Å². The van der Waals surface area contributed by atoms with E-state index in [0.717, 1.165) is 18.5 Å². The maximum Gasteiger partial charge on any atom is 0.248 e. The Balaban J connectivity index is 2.02. The lowest BCUT2D eigenvalue weighted by Crippen LogP contribution is -2.52. The van der Waals surface area contributed by atoms with Gasteiger partial charge in [0.15, 0.2) is 0 Å². The Labute approximate surface area is 141 Å². The van der Waals surface area contributed by atoms with Gasteiger partial charge in [0.05, 0.1) is 11.9 Å². The van der Waals surface area contributed by atoms with E-state index >= 15 is 0 Å². The van der Waals surface area contributed by atoms with Crippen molar-refractivity contribution in [1.82, 2.24) is 19.8 Å². The standard InChI is InChI=1S/C18H21FN4O/c1-22(2)17(24)18(16-12-20-8-9-21-16)7-4-10-23(18)13-14-5-3-6-15(19)11-14/h3,5-6,8-9,11-12H,4,7,10,13H2,1-2H3/t18-/m0/s1. The number of likely N-dealkylation sites (tertiary alicyclic amines) is 1. The number of aromatic nitrogens is 2. The second-order valence-corrected chi connectivity index (χ2v) is 6.31. The molecule has 3 rings (SSSR count). The molecular formula is C18H21FN4O. The molecule has 1 aromatic carbocycles. The number of benzene rings is 1. The van der Waals surface area contributed by atoms with Crippen molar-refractivity contribution in [2.24, 2.45) is 0 Å². The average Bonchev–Trinajstić information content (AvgIpc) is 2.99. The molecule has 0 spiro atoms. The van der Waals surface area contributed by atoms with Gasteiger partial charge in [-0.2, -0.15) is 0 Å². The van der Waals surface area contributed by atoms with Crippen molar-refractivity contribution >= 4 is 5.91 Å². The molecule has 0 saturated carbocycles. The summed E-state index contributed by atoms with van der Waals surface area (Å²) >= 11 is 0. The van der Waals surface area contributed by atoms with Gasteiger partial charge in [0.2, 0.25) is 5.91 Å². The van der Waals surface area contributed by atoms with E-state index in [1.807, 2.05) is 6.07 Å². The molecule has 1 amide bonds. The third-order valence-corrected chi connectivity index (χ3v) is 4.52. The number of carbonyl (C=O) groups is 1. The maximum absolute atomic E-state index is 13.5. The molecular weight excluding hydrogens is 307 g/mol. The summed E-state index contributed by atoms with van der Waals surface area (Å²) in [5.41, 5.74) is 0.652. The molecule has 126 valence electrons. The number of hydrogen-bond donors (Lipinski definition) is 0. The minimum atomic E-state index is -0.843. The van der Waals surface area contributed by atoms with E-state index in [9.17, 15) is 9.18 Å². The Morgan fingerprint density at radius 3 is 2.88 bits per heavy atom. The molecule has 1 fully saturated rings. The monoisotopic (exact) mass is 328 g/mol. The van der Waals surface area contributed by atoms with E-state index in [1.165, 1.54) is 12.1 Å².